The van der Waals surface area contributed by atoms with Crippen molar-refractivity contribution < 1.29 is 4.92 Å². The third-order valence-corrected chi connectivity index (χ3v) is 3.00. The molecule has 0 aliphatic heterocycles. The molecule has 2 aromatic rings. The number of pyridine rings is 1. The molecule has 0 fully saturated rings. The first-order chi connectivity index (χ1) is 9.08. The van der Waals surface area contributed by atoms with Gasteiger partial charge in [0, 0.05) is 30.0 Å². The van der Waals surface area contributed by atoms with Crippen molar-refractivity contribution in [2.45, 2.75) is 13.5 Å². The summed E-state index contributed by atoms with van der Waals surface area (Å²) in [6.07, 6.45) is 3.45. The number of aromatic nitrogens is 1. The summed E-state index contributed by atoms with van der Waals surface area (Å²) < 4.78 is 0. The third kappa shape index (κ3) is 3.20. The Bertz CT molecular complexity index is 617. The number of nitrogens with one attached hydrogen (secondary N) is 1. The molecule has 2 rings (SSSR count). The minimum atomic E-state index is -0.451. The van der Waals surface area contributed by atoms with Gasteiger partial charge in [-0.25, -0.2) is 0 Å². The summed E-state index contributed by atoms with van der Waals surface area (Å²) >= 11 is 5.76. The van der Waals surface area contributed by atoms with Crippen molar-refractivity contribution in [2.75, 3.05) is 5.32 Å². The molecule has 1 aromatic carbocycles. The van der Waals surface area contributed by atoms with Gasteiger partial charge in [0.15, 0.2) is 0 Å². The molecule has 0 bridgehead atoms. The molecule has 1 aromatic heterocycles. The van der Waals surface area contributed by atoms with E-state index in [2.05, 4.69) is 10.3 Å². The SMILES string of the molecule is Cc1cnccc1CNc1ccc(Cl)cc1[N+](=O)[O-]. The van der Waals surface area contributed by atoms with Crippen LogP contribution in [0.3, 0.4) is 0 Å². The van der Waals surface area contributed by atoms with Gasteiger partial charge in [0.05, 0.1) is 4.92 Å². The standard InChI is InChI=1S/C13H12ClN3O2/c1-9-7-15-5-4-10(9)8-16-12-3-2-11(14)6-13(12)17(18)19/h2-7,16H,8H2,1H3. The smallest absolute Gasteiger partial charge is 0.293 e. The Balaban J connectivity index is 2.20. The van der Waals surface area contributed by atoms with E-state index in [0.717, 1.165) is 11.1 Å². The van der Waals surface area contributed by atoms with Gasteiger partial charge in [-0.15, -0.1) is 0 Å². The summed E-state index contributed by atoms with van der Waals surface area (Å²) in [5.74, 6) is 0. The molecular weight excluding hydrogens is 266 g/mol. The molecule has 0 spiro atoms. The number of halogens is 1. The van der Waals surface area contributed by atoms with Gasteiger partial charge in [-0.3, -0.25) is 15.1 Å². The van der Waals surface area contributed by atoms with Crippen LogP contribution in [0.25, 0.3) is 0 Å². The first kappa shape index (κ1) is 13.3. The highest BCUT2D eigenvalue weighted by Crippen LogP contribution is 2.28. The van der Waals surface area contributed by atoms with E-state index in [-0.39, 0.29) is 5.69 Å². The molecule has 0 unspecified atom stereocenters. The minimum absolute atomic E-state index is 0.0285. The first-order valence-corrected chi connectivity index (χ1v) is 6.03. The highest BCUT2D eigenvalue weighted by molar-refractivity contribution is 6.30. The Morgan fingerprint density at radius 3 is 2.89 bits per heavy atom. The molecule has 0 aliphatic rings. The van der Waals surface area contributed by atoms with Crippen LogP contribution in [0.4, 0.5) is 11.4 Å². The van der Waals surface area contributed by atoms with Crippen molar-refractivity contribution in [1.82, 2.24) is 4.98 Å². The van der Waals surface area contributed by atoms with Crippen LogP contribution in [0.5, 0.6) is 0 Å². The van der Waals surface area contributed by atoms with E-state index in [0.29, 0.717) is 17.3 Å². The fourth-order valence-electron chi connectivity index (χ4n) is 1.70. The molecule has 0 radical (unpaired) electrons. The highest BCUT2D eigenvalue weighted by Gasteiger charge is 2.14. The van der Waals surface area contributed by atoms with Gasteiger partial charge < -0.3 is 5.32 Å². The monoisotopic (exact) mass is 277 g/mol. The summed E-state index contributed by atoms with van der Waals surface area (Å²) in [5, 5.41) is 14.3. The van der Waals surface area contributed by atoms with Crippen LogP contribution >= 0.6 is 11.6 Å². The summed E-state index contributed by atoms with van der Waals surface area (Å²) in [5.41, 5.74) is 2.50. The summed E-state index contributed by atoms with van der Waals surface area (Å²) in [6, 6.07) is 6.45. The number of nitro groups is 1. The predicted octanol–water partition coefficient (Wildman–Crippen LogP) is 3.56. The average molecular weight is 278 g/mol. The number of aryl methyl sites for hydroxylation is 1. The molecular formula is C13H12ClN3O2. The lowest BCUT2D eigenvalue weighted by Gasteiger charge is -2.09. The van der Waals surface area contributed by atoms with Gasteiger partial charge >= 0.3 is 0 Å². The number of benzene rings is 1. The van der Waals surface area contributed by atoms with Crippen LogP contribution in [0.1, 0.15) is 11.1 Å². The van der Waals surface area contributed by atoms with Crippen LogP contribution in [0.2, 0.25) is 5.02 Å². The van der Waals surface area contributed by atoms with E-state index in [1.54, 1.807) is 24.5 Å². The van der Waals surface area contributed by atoms with Crippen LogP contribution in [-0.4, -0.2) is 9.91 Å². The first-order valence-electron chi connectivity index (χ1n) is 5.65. The fraction of sp³-hybridized carbons (Fsp3) is 0.154. The lowest BCUT2D eigenvalue weighted by molar-refractivity contribution is -0.383. The van der Waals surface area contributed by atoms with Crippen molar-refractivity contribution in [2.24, 2.45) is 0 Å². The number of nitro benzene ring substituents is 1. The van der Waals surface area contributed by atoms with Gasteiger partial charge in [-0.05, 0) is 36.2 Å². The number of nitrogens with zero attached hydrogens (tertiary/aromatic N) is 2. The van der Waals surface area contributed by atoms with Crippen molar-refractivity contribution in [3.63, 3.8) is 0 Å². The predicted molar refractivity (Wildman–Crippen MR) is 74.4 cm³/mol. The van der Waals surface area contributed by atoms with Crippen molar-refractivity contribution in [3.8, 4) is 0 Å². The zero-order valence-electron chi connectivity index (χ0n) is 10.3. The van der Waals surface area contributed by atoms with Gasteiger partial charge in [-0.1, -0.05) is 11.6 Å². The number of anilines is 1. The summed E-state index contributed by atoms with van der Waals surface area (Å²) in [7, 11) is 0. The second kappa shape index (κ2) is 5.67. The third-order valence-electron chi connectivity index (χ3n) is 2.76. The Morgan fingerprint density at radius 2 is 2.21 bits per heavy atom. The van der Waals surface area contributed by atoms with Crippen LogP contribution in [0.15, 0.2) is 36.7 Å². The Labute approximate surface area is 115 Å². The molecule has 19 heavy (non-hydrogen) atoms. The molecule has 0 saturated heterocycles. The number of hydrogen-bond acceptors (Lipinski definition) is 4. The van der Waals surface area contributed by atoms with E-state index in [4.69, 9.17) is 11.6 Å². The van der Waals surface area contributed by atoms with E-state index >= 15 is 0 Å². The molecule has 98 valence electrons. The maximum Gasteiger partial charge on any atom is 0.293 e. The molecule has 1 heterocycles. The largest absolute Gasteiger partial charge is 0.375 e. The van der Waals surface area contributed by atoms with E-state index in [1.165, 1.54) is 6.07 Å². The van der Waals surface area contributed by atoms with Crippen LogP contribution in [0, 0.1) is 17.0 Å². The van der Waals surface area contributed by atoms with Crippen molar-refractivity contribution >= 4 is 23.0 Å². The van der Waals surface area contributed by atoms with Crippen molar-refractivity contribution in [3.05, 3.63) is 62.9 Å². The lowest BCUT2D eigenvalue weighted by Crippen LogP contribution is -2.04. The second-order valence-corrected chi connectivity index (χ2v) is 4.51. The maximum absolute atomic E-state index is 10.9. The highest BCUT2D eigenvalue weighted by atomic mass is 35.5. The second-order valence-electron chi connectivity index (χ2n) is 4.07. The topological polar surface area (TPSA) is 68.1 Å². The molecule has 0 aliphatic carbocycles. The van der Waals surface area contributed by atoms with Gasteiger partial charge in [-0.2, -0.15) is 0 Å². The van der Waals surface area contributed by atoms with Gasteiger partial charge in [0.2, 0.25) is 0 Å². The van der Waals surface area contributed by atoms with Crippen molar-refractivity contribution in [1.29, 1.82) is 0 Å². The maximum atomic E-state index is 10.9. The average Bonchev–Trinajstić information content (AvgIpc) is 2.38. The number of rotatable bonds is 4. The van der Waals surface area contributed by atoms with Crippen LogP contribution in [-0.2, 0) is 6.54 Å². The van der Waals surface area contributed by atoms with E-state index < -0.39 is 4.92 Å². The van der Waals surface area contributed by atoms with Crippen LogP contribution < -0.4 is 5.32 Å². The Morgan fingerprint density at radius 1 is 1.42 bits per heavy atom. The zero-order valence-corrected chi connectivity index (χ0v) is 11.0. The van der Waals surface area contributed by atoms with E-state index in [9.17, 15) is 10.1 Å². The quantitative estimate of drug-likeness (QED) is 0.685. The Kier molecular flexibility index (Phi) is 3.97. The molecule has 1 N–H and O–H groups in total. The lowest BCUT2D eigenvalue weighted by atomic mass is 10.1. The van der Waals surface area contributed by atoms with E-state index in [1.807, 2.05) is 13.0 Å². The fourth-order valence-corrected chi connectivity index (χ4v) is 1.86. The molecule has 0 amide bonds. The van der Waals surface area contributed by atoms with Gasteiger partial charge in [0.25, 0.3) is 5.69 Å². The molecule has 0 saturated carbocycles. The normalized spacial score (nSPS) is 10.2. The zero-order chi connectivity index (χ0) is 13.8. The van der Waals surface area contributed by atoms with Gasteiger partial charge in [0.1, 0.15) is 5.69 Å². The molecule has 6 heteroatoms. The number of hydrogen-bond donors (Lipinski definition) is 1. The summed E-state index contributed by atoms with van der Waals surface area (Å²) in [4.78, 5) is 14.5. The minimum Gasteiger partial charge on any atom is -0.375 e. The summed E-state index contributed by atoms with van der Waals surface area (Å²) in [6.45, 7) is 2.44. The Hall–Kier alpha value is -2.14. The molecule has 0 atom stereocenters. The molecule has 5 nitrogen and oxygen atoms in total.